The van der Waals surface area contributed by atoms with Crippen LogP contribution in [0.25, 0.3) is 22.0 Å². The lowest BCUT2D eigenvalue weighted by molar-refractivity contribution is -0.145. The summed E-state index contributed by atoms with van der Waals surface area (Å²) < 4.78 is 12.0. The molecule has 8 nitrogen and oxygen atoms in total. The Hall–Kier alpha value is -3.91. The van der Waals surface area contributed by atoms with Crippen LogP contribution in [-0.2, 0) is 11.3 Å². The van der Waals surface area contributed by atoms with E-state index in [1.807, 2.05) is 24.3 Å². The van der Waals surface area contributed by atoms with E-state index in [0.29, 0.717) is 27.4 Å². The maximum atomic E-state index is 12.7. The second kappa shape index (κ2) is 9.70. The lowest BCUT2D eigenvalue weighted by Crippen LogP contribution is -2.32. The summed E-state index contributed by atoms with van der Waals surface area (Å²) in [6.45, 7) is 0.0266. The van der Waals surface area contributed by atoms with Gasteiger partial charge in [0.25, 0.3) is 5.56 Å². The Morgan fingerprint density at radius 2 is 1.67 bits per heavy atom. The molecule has 0 bridgehead atoms. The van der Waals surface area contributed by atoms with Crippen molar-refractivity contribution in [2.24, 2.45) is 0 Å². The third-order valence-corrected chi connectivity index (χ3v) is 5.37. The summed E-state index contributed by atoms with van der Waals surface area (Å²) in [4.78, 5) is 24.5. The van der Waals surface area contributed by atoms with Crippen molar-refractivity contribution in [1.29, 1.82) is 0 Å². The highest BCUT2D eigenvalue weighted by molar-refractivity contribution is 6.30. The van der Waals surface area contributed by atoms with E-state index in [4.69, 9.17) is 21.1 Å². The molecule has 9 heteroatoms. The first-order chi connectivity index (χ1) is 15.9. The van der Waals surface area contributed by atoms with Crippen molar-refractivity contribution in [2.75, 3.05) is 7.11 Å². The number of carboxylic acids is 1. The molecule has 0 aliphatic carbocycles. The summed E-state index contributed by atoms with van der Waals surface area (Å²) in [5.41, 5.74) is 1.98. The Balaban J connectivity index is 1.47. The minimum atomic E-state index is -1.17. The Kier molecular flexibility index (Phi) is 6.55. The predicted octanol–water partition coefficient (Wildman–Crippen LogP) is 4.04. The first-order valence-electron chi connectivity index (χ1n) is 10.1. The molecule has 0 spiro atoms. The molecule has 1 aromatic heterocycles. The molecular weight excluding hydrogens is 446 g/mol. The van der Waals surface area contributed by atoms with Gasteiger partial charge in [0, 0.05) is 11.4 Å². The molecule has 4 aromatic rings. The highest BCUT2D eigenvalue weighted by Crippen LogP contribution is 2.25. The van der Waals surface area contributed by atoms with Crippen LogP contribution in [0.4, 0.5) is 0 Å². The number of halogens is 1. The third kappa shape index (κ3) is 5.12. The molecule has 0 unspecified atom stereocenters. The van der Waals surface area contributed by atoms with Crippen molar-refractivity contribution in [1.82, 2.24) is 15.0 Å². The van der Waals surface area contributed by atoms with Crippen molar-refractivity contribution in [3.63, 3.8) is 0 Å². The number of ether oxygens (including phenoxy) is 2. The van der Waals surface area contributed by atoms with E-state index in [-0.39, 0.29) is 18.5 Å². The molecule has 0 aliphatic rings. The molecule has 0 aliphatic heterocycles. The van der Waals surface area contributed by atoms with E-state index in [0.717, 1.165) is 15.8 Å². The van der Waals surface area contributed by atoms with Gasteiger partial charge in [-0.1, -0.05) is 41.1 Å². The molecule has 0 saturated carbocycles. The number of benzene rings is 3. The molecule has 0 radical (unpaired) electrons. The van der Waals surface area contributed by atoms with Crippen LogP contribution in [0.1, 0.15) is 6.42 Å². The van der Waals surface area contributed by atoms with Crippen molar-refractivity contribution >= 4 is 28.5 Å². The predicted molar refractivity (Wildman–Crippen MR) is 124 cm³/mol. The monoisotopic (exact) mass is 465 g/mol. The smallest absolute Gasteiger partial charge is 0.344 e. The molecule has 1 heterocycles. The van der Waals surface area contributed by atoms with Gasteiger partial charge < -0.3 is 14.6 Å². The number of aliphatic carboxylic acids is 1. The van der Waals surface area contributed by atoms with Crippen LogP contribution in [0, 0.1) is 0 Å². The maximum Gasteiger partial charge on any atom is 0.344 e. The SMILES string of the molecule is COc1ccc2nnn(CC[C@@H](Oc3ccc(-c4ccc(Cl)cc4)cc3)C(=O)O)c(=O)c2c1. The summed E-state index contributed by atoms with van der Waals surface area (Å²) >= 11 is 5.93. The summed E-state index contributed by atoms with van der Waals surface area (Å²) in [7, 11) is 1.51. The number of methoxy groups -OCH3 is 1. The minimum Gasteiger partial charge on any atom is -0.497 e. The first-order valence-corrected chi connectivity index (χ1v) is 10.5. The Morgan fingerprint density at radius 3 is 2.30 bits per heavy atom. The molecule has 4 rings (SSSR count). The van der Waals surface area contributed by atoms with Crippen LogP contribution < -0.4 is 15.0 Å². The number of carboxylic acid groups (broad SMARTS) is 1. The number of aromatic nitrogens is 3. The highest BCUT2D eigenvalue weighted by atomic mass is 35.5. The highest BCUT2D eigenvalue weighted by Gasteiger charge is 2.20. The van der Waals surface area contributed by atoms with Gasteiger partial charge in [-0.2, -0.15) is 0 Å². The van der Waals surface area contributed by atoms with E-state index in [2.05, 4.69) is 10.3 Å². The molecule has 33 heavy (non-hydrogen) atoms. The van der Waals surface area contributed by atoms with E-state index in [1.54, 1.807) is 42.5 Å². The zero-order valence-corrected chi connectivity index (χ0v) is 18.4. The standard InChI is InChI=1S/C24H20ClN3O5/c1-32-19-10-11-21-20(14-19)23(29)28(27-26-21)13-12-22(24(30)31)33-18-8-4-16(5-9-18)15-2-6-17(25)7-3-15/h2-11,14,22H,12-13H2,1H3,(H,30,31)/t22-/m1/s1. The van der Waals surface area contributed by atoms with Crippen molar-refractivity contribution < 1.29 is 19.4 Å². The maximum absolute atomic E-state index is 12.7. The fourth-order valence-electron chi connectivity index (χ4n) is 3.33. The van der Waals surface area contributed by atoms with E-state index >= 15 is 0 Å². The van der Waals surface area contributed by atoms with Gasteiger partial charge in [0.15, 0.2) is 6.10 Å². The van der Waals surface area contributed by atoms with Gasteiger partial charge in [-0.3, -0.25) is 4.79 Å². The molecule has 0 saturated heterocycles. The second-order valence-electron chi connectivity index (χ2n) is 7.27. The zero-order valence-electron chi connectivity index (χ0n) is 17.6. The first kappa shape index (κ1) is 22.3. The number of hydrogen-bond acceptors (Lipinski definition) is 6. The molecule has 0 fully saturated rings. The second-order valence-corrected chi connectivity index (χ2v) is 7.70. The van der Waals surface area contributed by atoms with Crippen molar-refractivity contribution in [2.45, 2.75) is 19.1 Å². The van der Waals surface area contributed by atoms with Crippen LogP contribution in [-0.4, -0.2) is 39.3 Å². The van der Waals surface area contributed by atoms with Gasteiger partial charge in [-0.15, -0.1) is 5.10 Å². The van der Waals surface area contributed by atoms with Crippen LogP contribution in [0.15, 0.2) is 71.5 Å². The van der Waals surface area contributed by atoms with Gasteiger partial charge in [0.2, 0.25) is 0 Å². The Labute approximate surface area is 194 Å². The van der Waals surface area contributed by atoms with E-state index < -0.39 is 12.1 Å². The van der Waals surface area contributed by atoms with Gasteiger partial charge in [-0.05, 0) is 53.6 Å². The number of fused-ring (bicyclic) bond motifs is 1. The van der Waals surface area contributed by atoms with Crippen LogP contribution in [0.5, 0.6) is 11.5 Å². The molecule has 0 amide bonds. The summed E-state index contributed by atoms with van der Waals surface area (Å²) in [5.74, 6) is -0.213. The molecule has 3 aromatic carbocycles. The fraction of sp³-hybridized carbons (Fsp3) is 0.167. The third-order valence-electron chi connectivity index (χ3n) is 5.12. The molecule has 1 N–H and O–H groups in total. The van der Waals surface area contributed by atoms with E-state index in [1.165, 1.54) is 7.11 Å². The van der Waals surface area contributed by atoms with Gasteiger partial charge in [0.05, 0.1) is 19.0 Å². The molecule has 168 valence electrons. The number of rotatable bonds is 8. The van der Waals surface area contributed by atoms with Crippen LogP contribution in [0.2, 0.25) is 5.02 Å². The van der Waals surface area contributed by atoms with Crippen LogP contribution >= 0.6 is 11.6 Å². The lowest BCUT2D eigenvalue weighted by atomic mass is 10.1. The normalized spacial score (nSPS) is 11.8. The molecular formula is C24H20ClN3O5. The summed E-state index contributed by atoms with van der Waals surface area (Å²) in [5, 5.41) is 18.5. The van der Waals surface area contributed by atoms with Crippen LogP contribution in [0.3, 0.4) is 0 Å². The average Bonchev–Trinajstić information content (AvgIpc) is 2.83. The number of hydrogen-bond donors (Lipinski definition) is 1. The Morgan fingerprint density at radius 1 is 1.03 bits per heavy atom. The van der Waals surface area contributed by atoms with Gasteiger partial charge in [-0.25, -0.2) is 9.48 Å². The number of nitrogens with zero attached hydrogens (tertiary/aromatic N) is 3. The number of carbonyl (C=O) groups is 1. The quantitative estimate of drug-likeness (QED) is 0.418. The Bertz CT molecular complexity index is 1340. The summed E-state index contributed by atoms with van der Waals surface area (Å²) in [6.07, 6.45) is -1.14. The minimum absolute atomic E-state index is 0.0261. The topological polar surface area (TPSA) is 104 Å². The van der Waals surface area contributed by atoms with Crippen molar-refractivity contribution in [3.8, 4) is 22.6 Å². The number of aryl methyl sites for hydroxylation is 1. The largest absolute Gasteiger partial charge is 0.497 e. The van der Waals surface area contributed by atoms with E-state index in [9.17, 15) is 14.7 Å². The zero-order chi connectivity index (χ0) is 23.4. The summed E-state index contributed by atoms with van der Waals surface area (Å²) in [6, 6.07) is 19.4. The van der Waals surface area contributed by atoms with Gasteiger partial charge in [0.1, 0.15) is 17.0 Å². The van der Waals surface area contributed by atoms with Gasteiger partial charge >= 0.3 is 5.97 Å². The van der Waals surface area contributed by atoms with Crippen molar-refractivity contribution in [3.05, 3.63) is 82.1 Å². The molecule has 1 atom stereocenters. The average molecular weight is 466 g/mol. The fourth-order valence-corrected chi connectivity index (χ4v) is 3.46. The lowest BCUT2D eigenvalue weighted by Gasteiger charge is -2.16.